The Morgan fingerprint density at radius 3 is 2.89 bits per heavy atom. The molecule has 3 heteroatoms. The third kappa shape index (κ3) is 3.52. The number of rotatable bonds is 6. The molecule has 2 rings (SSSR count). The molecule has 18 heavy (non-hydrogen) atoms. The van der Waals surface area contributed by atoms with Crippen LogP contribution in [0, 0.1) is 0 Å². The van der Waals surface area contributed by atoms with Gasteiger partial charge in [0.1, 0.15) is 0 Å². The molecule has 1 spiro atoms. The topological polar surface area (TPSA) is 15.3 Å². The summed E-state index contributed by atoms with van der Waals surface area (Å²) in [6, 6.07) is 0.751. The first-order valence-electron chi connectivity index (χ1n) is 7.47. The maximum Gasteiger partial charge on any atom is 0.0309 e. The maximum absolute atomic E-state index is 3.86. The van der Waals surface area contributed by atoms with Gasteiger partial charge in [-0.05, 0) is 19.3 Å². The third-order valence-corrected chi connectivity index (χ3v) is 5.47. The molecule has 2 nitrogen and oxygen atoms in total. The average Bonchev–Trinajstić information content (AvgIpc) is 2.83. The van der Waals surface area contributed by atoms with Crippen molar-refractivity contribution >= 4 is 11.8 Å². The van der Waals surface area contributed by atoms with Gasteiger partial charge in [-0.3, -0.25) is 4.90 Å². The highest BCUT2D eigenvalue weighted by atomic mass is 32.2. The van der Waals surface area contributed by atoms with Crippen LogP contribution >= 0.6 is 11.8 Å². The predicted molar refractivity (Wildman–Crippen MR) is 82.4 cm³/mol. The molecule has 0 aromatic carbocycles. The number of hydrogen-bond donors (Lipinski definition) is 1. The number of thioether (sulfide) groups is 1. The lowest BCUT2D eigenvalue weighted by Crippen LogP contribution is -2.63. The van der Waals surface area contributed by atoms with Gasteiger partial charge in [0.25, 0.3) is 0 Å². The molecular formula is C15H28N2S. The first-order chi connectivity index (χ1) is 8.79. The smallest absolute Gasteiger partial charge is 0.0309 e. The van der Waals surface area contributed by atoms with E-state index in [2.05, 4.69) is 23.7 Å². The van der Waals surface area contributed by atoms with Gasteiger partial charge in [0.05, 0.1) is 0 Å². The van der Waals surface area contributed by atoms with Gasteiger partial charge in [0.2, 0.25) is 0 Å². The van der Waals surface area contributed by atoms with E-state index in [-0.39, 0.29) is 0 Å². The molecule has 104 valence electrons. The molecule has 0 amide bonds. The molecule has 2 fully saturated rings. The van der Waals surface area contributed by atoms with Crippen molar-refractivity contribution < 1.29 is 0 Å². The molecule has 1 aliphatic carbocycles. The lowest BCUT2D eigenvalue weighted by molar-refractivity contribution is 0.0845. The zero-order valence-corrected chi connectivity index (χ0v) is 12.6. The van der Waals surface area contributed by atoms with Crippen LogP contribution in [0.3, 0.4) is 0 Å². The average molecular weight is 268 g/mol. The molecule has 1 aliphatic heterocycles. The van der Waals surface area contributed by atoms with E-state index in [1.165, 1.54) is 57.5 Å². The summed E-state index contributed by atoms with van der Waals surface area (Å²) in [5.41, 5.74) is 0.467. The predicted octanol–water partition coefficient (Wildman–Crippen LogP) is 2.90. The van der Waals surface area contributed by atoms with E-state index in [0.717, 1.165) is 11.8 Å². The molecule has 0 aromatic heterocycles. The first-order valence-corrected chi connectivity index (χ1v) is 8.63. The van der Waals surface area contributed by atoms with Gasteiger partial charge in [-0.25, -0.2) is 0 Å². The third-order valence-electron chi connectivity index (χ3n) is 4.53. The summed E-state index contributed by atoms with van der Waals surface area (Å²) < 4.78 is 0. The fraction of sp³-hybridized carbons (Fsp3) is 0.867. The Kier molecular flexibility index (Phi) is 5.58. The number of hydrogen-bond acceptors (Lipinski definition) is 3. The minimum absolute atomic E-state index is 0.467. The minimum Gasteiger partial charge on any atom is -0.308 e. The normalized spacial score (nSPS) is 27.7. The van der Waals surface area contributed by atoms with Gasteiger partial charge in [0.15, 0.2) is 0 Å². The number of nitrogens with one attached hydrogen (secondary N) is 1. The number of nitrogens with zero attached hydrogens (tertiary/aromatic N) is 1. The van der Waals surface area contributed by atoms with Crippen LogP contribution in [0.15, 0.2) is 12.7 Å². The van der Waals surface area contributed by atoms with Crippen LogP contribution in [0.4, 0.5) is 0 Å². The summed E-state index contributed by atoms with van der Waals surface area (Å²) in [4.78, 5) is 2.75. The van der Waals surface area contributed by atoms with Crippen LogP contribution in [0.2, 0.25) is 0 Å². The lowest BCUT2D eigenvalue weighted by Gasteiger charge is -2.46. The SMILES string of the molecule is C=CCSCCN1CC2(CCCC2)NCC1CC. The molecule has 1 saturated carbocycles. The van der Waals surface area contributed by atoms with Gasteiger partial charge in [0, 0.05) is 42.7 Å². The van der Waals surface area contributed by atoms with Crippen LogP contribution in [0.1, 0.15) is 39.0 Å². The quantitative estimate of drug-likeness (QED) is 0.589. The van der Waals surface area contributed by atoms with Gasteiger partial charge < -0.3 is 5.32 Å². The standard InChI is InChI=1S/C15H28N2S/c1-3-10-18-11-9-17-13-15(7-5-6-8-15)16-12-14(17)4-2/h3,14,16H,1,4-13H2,2H3. The Balaban J connectivity index is 1.84. The second kappa shape index (κ2) is 6.97. The summed E-state index contributed by atoms with van der Waals surface area (Å²) in [6.45, 7) is 9.84. The molecule has 1 heterocycles. The summed E-state index contributed by atoms with van der Waals surface area (Å²) >= 11 is 2.01. The van der Waals surface area contributed by atoms with E-state index >= 15 is 0 Å². The van der Waals surface area contributed by atoms with Gasteiger partial charge >= 0.3 is 0 Å². The highest BCUT2D eigenvalue weighted by Gasteiger charge is 2.40. The highest BCUT2D eigenvalue weighted by Crippen LogP contribution is 2.33. The summed E-state index contributed by atoms with van der Waals surface area (Å²) in [7, 11) is 0. The second-order valence-electron chi connectivity index (χ2n) is 5.76. The van der Waals surface area contributed by atoms with E-state index in [0.29, 0.717) is 5.54 Å². The Morgan fingerprint density at radius 2 is 2.22 bits per heavy atom. The van der Waals surface area contributed by atoms with E-state index in [4.69, 9.17) is 0 Å². The van der Waals surface area contributed by atoms with Crippen molar-refractivity contribution in [2.24, 2.45) is 0 Å². The molecular weight excluding hydrogens is 240 g/mol. The van der Waals surface area contributed by atoms with Crippen molar-refractivity contribution in [1.82, 2.24) is 10.2 Å². The first kappa shape index (κ1) is 14.4. The van der Waals surface area contributed by atoms with E-state index in [1.807, 2.05) is 17.8 Å². The molecule has 0 radical (unpaired) electrons. The number of piperazine rings is 1. The van der Waals surface area contributed by atoms with Crippen molar-refractivity contribution in [2.45, 2.75) is 50.6 Å². The van der Waals surface area contributed by atoms with Gasteiger partial charge in [-0.1, -0.05) is 25.8 Å². The lowest BCUT2D eigenvalue weighted by atomic mass is 9.92. The van der Waals surface area contributed by atoms with E-state index in [1.54, 1.807) is 0 Å². The Bertz CT molecular complexity index is 261. The van der Waals surface area contributed by atoms with Crippen LogP contribution in [-0.2, 0) is 0 Å². The summed E-state index contributed by atoms with van der Waals surface area (Å²) in [5, 5.41) is 3.86. The second-order valence-corrected chi connectivity index (χ2v) is 6.91. The molecule has 1 atom stereocenters. The zero-order chi connectivity index (χ0) is 12.8. The van der Waals surface area contributed by atoms with Crippen molar-refractivity contribution in [3.8, 4) is 0 Å². The molecule has 0 bridgehead atoms. The van der Waals surface area contributed by atoms with Gasteiger partial charge in [-0.15, -0.1) is 6.58 Å². The van der Waals surface area contributed by atoms with Crippen LogP contribution < -0.4 is 5.32 Å². The van der Waals surface area contributed by atoms with Crippen molar-refractivity contribution in [3.63, 3.8) is 0 Å². The van der Waals surface area contributed by atoms with Crippen LogP contribution in [0.25, 0.3) is 0 Å². The van der Waals surface area contributed by atoms with Crippen LogP contribution in [0.5, 0.6) is 0 Å². The fourth-order valence-corrected chi connectivity index (χ4v) is 4.13. The Hall–Kier alpha value is 0.01000. The minimum atomic E-state index is 0.467. The van der Waals surface area contributed by atoms with Gasteiger partial charge in [-0.2, -0.15) is 11.8 Å². The zero-order valence-electron chi connectivity index (χ0n) is 11.8. The van der Waals surface area contributed by atoms with E-state index < -0.39 is 0 Å². The fourth-order valence-electron chi connectivity index (χ4n) is 3.44. The summed E-state index contributed by atoms with van der Waals surface area (Å²) in [6.07, 6.45) is 8.90. The van der Waals surface area contributed by atoms with Crippen molar-refractivity contribution in [1.29, 1.82) is 0 Å². The molecule has 1 N–H and O–H groups in total. The van der Waals surface area contributed by atoms with Crippen molar-refractivity contribution in [3.05, 3.63) is 12.7 Å². The van der Waals surface area contributed by atoms with E-state index in [9.17, 15) is 0 Å². The molecule has 2 aliphatic rings. The Morgan fingerprint density at radius 1 is 1.44 bits per heavy atom. The summed E-state index contributed by atoms with van der Waals surface area (Å²) in [5.74, 6) is 2.34. The van der Waals surface area contributed by atoms with Crippen LogP contribution in [-0.4, -0.2) is 47.6 Å². The maximum atomic E-state index is 3.86. The molecule has 0 aromatic rings. The monoisotopic (exact) mass is 268 g/mol. The molecule has 1 saturated heterocycles. The largest absolute Gasteiger partial charge is 0.308 e. The van der Waals surface area contributed by atoms with Crippen molar-refractivity contribution in [2.75, 3.05) is 31.1 Å². The molecule has 1 unspecified atom stereocenters. The highest BCUT2D eigenvalue weighted by molar-refractivity contribution is 7.99. The Labute approximate surface area is 117 Å².